The fourth-order valence-electron chi connectivity index (χ4n) is 3.62. The minimum Gasteiger partial charge on any atom is -0.492 e. The maximum Gasteiger partial charge on any atom is 0.417 e. The summed E-state index contributed by atoms with van der Waals surface area (Å²) >= 11 is 0. The summed E-state index contributed by atoms with van der Waals surface area (Å²) < 4.78 is 46.3. The van der Waals surface area contributed by atoms with Gasteiger partial charge in [-0.25, -0.2) is 0 Å². The van der Waals surface area contributed by atoms with Gasteiger partial charge in [0.25, 0.3) is 0 Å². The number of halogens is 3. The van der Waals surface area contributed by atoms with Crippen LogP contribution in [0.15, 0.2) is 84.7 Å². The topological polar surface area (TPSA) is 71.5 Å². The van der Waals surface area contributed by atoms with Crippen LogP contribution in [0.5, 0.6) is 5.75 Å². The van der Waals surface area contributed by atoms with Crippen LogP contribution in [0.3, 0.4) is 0 Å². The van der Waals surface area contributed by atoms with Crippen LogP contribution in [0.25, 0.3) is 22.7 Å². The number of hydrogen-bond acceptors (Lipinski definition) is 4. The molecule has 2 aromatic carbocycles. The summed E-state index contributed by atoms with van der Waals surface area (Å²) in [6.07, 6.45) is 1.05. The van der Waals surface area contributed by atoms with Crippen LogP contribution < -0.4 is 10.1 Å². The highest BCUT2D eigenvalue weighted by molar-refractivity contribution is 5.79. The molecular weight excluding hydrogens is 481 g/mol. The van der Waals surface area contributed by atoms with Crippen LogP contribution in [0.2, 0.25) is 0 Å². The summed E-state index contributed by atoms with van der Waals surface area (Å²) in [4.78, 5) is 15.8. The molecule has 0 atom stereocenters. The molecule has 8 heteroatoms. The predicted octanol–water partition coefficient (Wildman–Crippen LogP) is 6.79. The summed E-state index contributed by atoms with van der Waals surface area (Å²) in [6.45, 7) is 3.22. The zero-order chi connectivity index (χ0) is 26.6. The third-order valence-corrected chi connectivity index (χ3v) is 5.85. The summed E-state index contributed by atoms with van der Waals surface area (Å²) in [7, 11) is 0. The summed E-state index contributed by atoms with van der Waals surface area (Å²) in [5, 5.41) is 12.3. The summed E-state index contributed by atoms with van der Waals surface area (Å²) in [5.41, 5.74) is 4.54. The van der Waals surface area contributed by atoms with Crippen LogP contribution in [-0.2, 0) is 11.0 Å². The normalized spacial score (nSPS) is 13.8. The minimum atomic E-state index is -4.47. The average molecular weight is 507 g/mol. The second kappa shape index (κ2) is 10.4. The lowest BCUT2D eigenvalue weighted by Crippen LogP contribution is -2.30. The number of aliphatic carboxylic acids is 1. The van der Waals surface area contributed by atoms with Gasteiger partial charge >= 0.3 is 12.1 Å². The fourth-order valence-corrected chi connectivity index (χ4v) is 3.62. The second-order valence-corrected chi connectivity index (χ2v) is 9.18. The Morgan fingerprint density at radius 1 is 1.05 bits per heavy atom. The Kier molecular flexibility index (Phi) is 7.23. The van der Waals surface area contributed by atoms with E-state index in [0.717, 1.165) is 11.6 Å². The first-order valence-electron chi connectivity index (χ1n) is 11.6. The van der Waals surface area contributed by atoms with Crippen molar-refractivity contribution in [1.29, 1.82) is 0 Å². The van der Waals surface area contributed by atoms with Gasteiger partial charge in [-0.1, -0.05) is 30.0 Å². The first kappa shape index (κ1) is 25.8. The molecule has 0 aliphatic carbocycles. The van der Waals surface area contributed by atoms with Crippen molar-refractivity contribution in [2.75, 3.05) is 6.61 Å². The van der Waals surface area contributed by atoms with Crippen molar-refractivity contribution in [3.8, 4) is 17.0 Å². The SMILES string of the molecule is CC(C)(COc1ccc(-c2ccc(C3=C=CCC=C(c4ccccc4C(F)(F)F)N3)cn2)cc1)C(=O)O. The molecule has 2 N–H and O–H groups in total. The number of pyridine rings is 1. The number of aromatic nitrogens is 1. The number of carbonyl (C=O) groups is 1. The molecule has 4 rings (SSSR count). The number of allylic oxidation sites excluding steroid dienone is 2. The smallest absolute Gasteiger partial charge is 0.417 e. The van der Waals surface area contributed by atoms with Gasteiger partial charge in [0.15, 0.2) is 0 Å². The number of benzene rings is 2. The zero-order valence-electron chi connectivity index (χ0n) is 20.3. The van der Waals surface area contributed by atoms with E-state index in [1.165, 1.54) is 12.1 Å². The monoisotopic (exact) mass is 506 g/mol. The highest BCUT2D eigenvalue weighted by atomic mass is 19.4. The lowest BCUT2D eigenvalue weighted by atomic mass is 9.95. The number of ether oxygens (including phenoxy) is 1. The molecule has 37 heavy (non-hydrogen) atoms. The van der Waals surface area contributed by atoms with Gasteiger partial charge in [0.1, 0.15) is 12.4 Å². The molecule has 2 heterocycles. The Morgan fingerprint density at radius 3 is 2.41 bits per heavy atom. The van der Waals surface area contributed by atoms with Crippen LogP contribution in [0.1, 0.15) is 37.0 Å². The average Bonchev–Trinajstić information content (AvgIpc) is 3.14. The Balaban J connectivity index is 1.49. The quantitative estimate of drug-likeness (QED) is 0.346. The first-order valence-corrected chi connectivity index (χ1v) is 11.6. The first-order chi connectivity index (χ1) is 17.5. The molecule has 1 aliphatic heterocycles. The van der Waals surface area contributed by atoms with Crippen molar-refractivity contribution in [3.63, 3.8) is 0 Å². The zero-order valence-corrected chi connectivity index (χ0v) is 20.3. The van der Waals surface area contributed by atoms with E-state index < -0.39 is 23.1 Å². The van der Waals surface area contributed by atoms with E-state index in [1.54, 1.807) is 50.4 Å². The number of carboxylic acid groups (broad SMARTS) is 1. The number of nitrogens with one attached hydrogen (secondary N) is 1. The van der Waals surface area contributed by atoms with Crippen molar-refractivity contribution >= 4 is 17.4 Å². The maximum absolute atomic E-state index is 13.6. The van der Waals surface area contributed by atoms with E-state index in [2.05, 4.69) is 16.0 Å². The van der Waals surface area contributed by atoms with E-state index in [-0.39, 0.29) is 12.2 Å². The van der Waals surface area contributed by atoms with Gasteiger partial charge in [-0.15, -0.1) is 0 Å². The molecule has 1 aromatic heterocycles. The lowest BCUT2D eigenvalue weighted by molar-refractivity contribution is -0.148. The van der Waals surface area contributed by atoms with Crippen molar-refractivity contribution in [3.05, 3.63) is 101 Å². The summed E-state index contributed by atoms with van der Waals surface area (Å²) in [5.74, 6) is -0.389. The maximum atomic E-state index is 13.6. The van der Waals surface area contributed by atoms with Crippen molar-refractivity contribution < 1.29 is 27.8 Å². The molecule has 0 spiro atoms. The Hall–Kier alpha value is -4.29. The lowest BCUT2D eigenvalue weighted by Gasteiger charge is -2.19. The van der Waals surface area contributed by atoms with Crippen LogP contribution in [-0.4, -0.2) is 22.7 Å². The number of nitrogens with zero attached hydrogens (tertiary/aromatic N) is 1. The van der Waals surface area contributed by atoms with Crippen molar-refractivity contribution in [2.24, 2.45) is 5.41 Å². The van der Waals surface area contributed by atoms with E-state index >= 15 is 0 Å². The molecule has 0 fully saturated rings. The molecule has 190 valence electrons. The van der Waals surface area contributed by atoms with Gasteiger partial charge in [-0.05, 0) is 68.8 Å². The number of rotatable bonds is 7. The highest BCUT2D eigenvalue weighted by Gasteiger charge is 2.34. The van der Waals surface area contributed by atoms with Gasteiger partial charge in [0.2, 0.25) is 0 Å². The van der Waals surface area contributed by atoms with Crippen LogP contribution in [0.4, 0.5) is 13.2 Å². The van der Waals surface area contributed by atoms with Gasteiger partial charge in [-0.2, -0.15) is 13.2 Å². The van der Waals surface area contributed by atoms with Crippen LogP contribution in [0, 0.1) is 5.41 Å². The van der Waals surface area contributed by atoms with Crippen LogP contribution >= 0.6 is 0 Å². The fraction of sp³-hybridized carbons (Fsp3) is 0.207. The number of carboxylic acids is 1. The van der Waals surface area contributed by atoms with Gasteiger partial charge in [-0.3, -0.25) is 9.78 Å². The highest BCUT2D eigenvalue weighted by Crippen LogP contribution is 2.35. The van der Waals surface area contributed by atoms with E-state index in [9.17, 15) is 23.1 Å². The third kappa shape index (κ3) is 6.11. The summed E-state index contributed by atoms with van der Waals surface area (Å²) in [6, 6.07) is 16.2. The van der Waals surface area contributed by atoms with Crippen molar-refractivity contribution in [1.82, 2.24) is 10.3 Å². The standard InChI is InChI=1S/C29H25F3N2O3/c1-28(2,27(35)36)18-37-21-14-11-19(12-15-21)24-16-13-20(17-33-24)25-9-5-6-10-26(34-25)22-7-3-4-8-23(22)29(30,31)32/h3-5,7-8,10-17,34H,6,18H2,1-2H3,(H,35,36). The van der Waals surface area contributed by atoms with Crippen molar-refractivity contribution in [2.45, 2.75) is 26.4 Å². The molecule has 0 amide bonds. The second-order valence-electron chi connectivity index (χ2n) is 9.18. The molecule has 0 saturated carbocycles. The Morgan fingerprint density at radius 2 is 1.76 bits per heavy atom. The van der Waals surface area contributed by atoms with E-state index in [0.29, 0.717) is 34.8 Å². The third-order valence-electron chi connectivity index (χ3n) is 5.85. The molecule has 0 saturated heterocycles. The molecule has 0 unspecified atom stereocenters. The largest absolute Gasteiger partial charge is 0.492 e. The number of hydrogen-bond donors (Lipinski definition) is 2. The Labute approximate surface area is 212 Å². The molecule has 5 nitrogen and oxygen atoms in total. The molecular formula is C29H25F3N2O3. The molecule has 1 aliphatic rings. The van der Waals surface area contributed by atoms with Gasteiger partial charge in [0, 0.05) is 28.6 Å². The predicted molar refractivity (Wildman–Crippen MR) is 135 cm³/mol. The van der Waals surface area contributed by atoms with Gasteiger partial charge < -0.3 is 15.2 Å². The molecule has 0 bridgehead atoms. The van der Waals surface area contributed by atoms with E-state index in [1.807, 2.05) is 24.3 Å². The van der Waals surface area contributed by atoms with E-state index in [4.69, 9.17) is 4.74 Å². The molecule has 0 radical (unpaired) electrons. The minimum absolute atomic E-state index is 0.0358. The molecule has 3 aromatic rings. The number of alkyl halides is 3. The van der Waals surface area contributed by atoms with Gasteiger partial charge in [0.05, 0.1) is 22.4 Å². The Bertz CT molecular complexity index is 1380.